The molecule has 1 saturated carbocycles. The second-order valence-corrected chi connectivity index (χ2v) is 7.03. The van der Waals surface area contributed by atoms with Gasteiger partial charge in [0.05, 0.1) is 19.8 Å². The SMILES string of the molecule is CCNC(=NCC1(N2CCOCC2)CCCCC1)NC(C)CC. The molecule has 1 saturated heterocycles. The van der Waals surface area contributed by atoms with E-state index in [4.69, 9.17) is 9.73 Å². The lowest BCUT2D eigenvalue weighted by molar-refractivity contribution is -0.0333. The monoisotopic (exact) mass is 324 g/mol. The van der Waals surface area contributed by atoms with Crippen LogP contribution in [0.4, 0.5) is 0 Å². The molecule has 0 radical (unpaired) electrons. The first-order valence-corrected chi connectivity index (χ1v) is 9.58. The first kappa shape index (κ1) is 18.5. The van der Waals surface area contributed by atoms with Gasteiger partial charge in [0.1, 0.15) is 0 Å². The smallest absolute Gasteiger partial charge is 0.191 e. The van der Waals surface area contributed by atoms with Crippen molar-refractivity contribution >= 4 is 5.96 Å². The van der Waals surface area contributed by atoms with Crippen molar-refractivity contribution in [2.45, 2.75) is 70.9 Å². The molecule has 1 heterocycles. The third-order valence-corrected chi connectivity index (χ3v) is 5.34. The van der Waals surface area contributed by atoms with Crippen LogP contribution in [0, 0.1) is 0 Å². The molecule has 0 bridgehead atoms. The van der Waals surface area contributed by atoms with E-state index in [1.807, 2.05) is 0 Å². The first-order chi connectivity index (χ1) is 11.2. The minimum Gasteiger partial charge on any atom is -0.379 e. The van der Waals surface area contributed by atoms with Crippen molar-refractivity contribution in [2.24, 2.45) is 4.99 Å². The van der Waals surface area contributed by atoms with Gasteiger partial charge in [-0.15, -0.1) is 0 Å². The predicted molar refractivity (Wildman–Crippen MR) is 97.1 cm³/mol. The molecule has 2 N–H and O–H groups in total. The van der Waals surface area contributed by atoms with Crippen LogP contribution in [0.3, 0.4) is 0 Å². The van der Waals surface area contributed by atoms with Gasteiger partial charge >= 0.3 is 0 Å². The van der Waals surface area contributed by atoms with E-state index >= 15 is 0 Å². The van der Waals surface area contributed by atoms with Crippen LogP contribution < -0.4 is 10.6 Å². The molecule has 0 aromatic carbocycles. The zero-order chi connectivity index (χ0) is 16.5. The highest BCUT2D eigenvalue weighted by atomic mass is 16.5. The molecule has 134 valence electrons. The summed E-state index contributed by atoms with van der Waals surface area (Å²) < 4.78 is 5.56. The van der Waals surface area contributed by atoms with E-state index in [2.05, 4.69) is 36.3 Å². The maximum atomic E-state index is 5.56. The molecule has 2 rings (SSSR count). The van der Waals surface area contributed by atoms with E-state index in [1.165, 1.54) is 32.1 Å². The molecule has 2 aliphatic rings. The zero-order valence-corrected chi connectivity index (χ0v) is 15.4. The normalized spacial score (nSPS) is 24.2. The van der Waals surface area contributed by atoms with Gasteiger partial charge in [-0.05, 0) is 33.1 Å². The summed E-state index contributed by atoms with van der Waals surface area (Å²) in [6, 6.07) is 0.457. The van der Waals surface area contributed by atoms with E-state index in [1.54, 1.807) is 0 Å². The summed E-state index contributed by atoms with van der Waals surface area (Å²) in [5, 5.41) is 6.93. The standard InChI is InChI=1S/C18H36N4O/c1-4-16(3)21-17(19-5-2)20-15-18(9-7-6-8-10-18)22-11-13-23-14-12-22/h16H,4-15H2,1-3H3,(H2,19,20,21). The van der Waals surface area contributed by atoms with Gasteiger partial charge in [-0.3, -0.25) is 9.89 Å². The maximum Gasteiger partial charge on any atom is 0.191 e. The van der Waals surface area contributed by atoms with Crippen molar-refractivity contribution < 1.29 is 4.74 Å². The molecule has 0 spiro atoms. The van der Waals surface area contributed by atoms with Crippen molar-refractivity contribution in [3.63, 3.8) is 0 Å². The molecule has 5 heteroatoms. The Hall–Kier alpha value is -0.810. The molecule has 2 fully saturated rings. The van der Waals surface area contributed by atoms with Crippen molar-refractivity contribution in [2.75, 3.05) is 39.4 Å². The summed E-state index contributed by atoms with van der Waals surface area (Å²) in [4.78, 5) is 7.64. The maximum absolute atomic E-state index is 5.56. The van der Waals surface area contributed by atoms with Crippen LogP contribution in [-0.4, -0.2) is 61.8 Å². The third kappa shape index (κ3) is 5.35. The fourth-order valence-corrected chi connectivity index (χ4v) is 3.70. The van der Waals surface area contributed by atoms with Crippen molar-refractivity contribution in [1.29, 1.82) is 0 Å². The van der Waals surface area contributed by atoms with Crippen LogP contribution in [0.15, 0.2) is 4.99 Å². The summed E-state index contributed by atoms with van der Waals surface area (Å²) in [7, 11) is 0. The van der Waals surface area contributed by atoms with Crippen LogP contribution in [0.25, 0.3) is 0 Å². The topological polar surface area (TPSA) is 48.9 Å². The Balaban J connectivity index is 2.06. The Morgan fingerprint density at radius 1 is 1.17 bits per heavy atom. The fraction of sp³-hybridized carbons (Fsp3) is 0.944. The van der Waals surface area contributed by atoms with Gasteiger partial charge in [-0.25, -0.2) is 0 Å². The zero-order valence-electron chi connectivity index (χ0n) is 15.4. The number of nitrogens with zero attached hydrogens (tertiary/aromatic N) is 2. The first-order valence-electron chi connectivity index (χ1n) is 9.58. The molecule has 1 unspecified atom stereocenters. The number of ether oxygens (including phenoxy) is 1. The Morgan fingerprint density at radius 3 is 2.48 bits per heavy atom. The predicted octanol–water partition coefficient (Wildman–Crippen LogP) is 2.38. The highest BCUT2D eigenvalue weighted by Crippen LogP contribution is 2.34. The second kappa shape index (κ2) is 9.48. The molecule has 5 nitrogen and oxygen atoms in total. The lowest BCUT2D eigenvalue weighted by Crippen LogP contribution is -2.56. The minimum atomic E-state index is 0.250. The van der Waals surface area contributed by atoms with Crippen LogP contribution in [0.1, 0.15) is 59.3 Å². The van der Waals surface area contributed by atoms with Gasteiger partial charge in [0.15, 0.2) is 5.96 Å². The molecular weight excluding hydrogens is 288 g/mol. The molecular formula is C18H36N4O. The molecule has 23 heavy (non-hydrogen) atoms. The Bertz CT molecular complexity index is 360. The van der Waals surface area contributed by atoms with Crippen LogP contribution in [0.2, 0.25) is 0 Å². The number of hydrogen-bond donors (Lipinski definition) is 2. The average Bonchev–Trinajstić information content (AvgIpc) is 2.61. The van der Waals surface area contributed by atoms with Gasteiger partial charge in [0.2, 0.25) is 0 Å². The molecule has 0 amide bonds. The van der Waals surface area contributed by atoms with Crippen molar-refractivity contribution in [3.05, 3.63) is 0 Å². The molecule has 1 aliphatic heterocycles. The lowest BCUT2D eigenvalue weighted by Gasteiger charge is -2.47. The van der Waals surface area contributed by atoms with Crippen molar-refractivity contribution in [3.8, 4) is 0 Å². The Labute approximate surface area is 142 Å². The van der Waals surface area contributed by atoms with Gasteiger partial charge in [0, 0.05) is 31.2 Å². The van der Waals surface area contributed by atoms with Gasteiger partial charge in [-0.1, -0.05) is 26.2 Å². The number of rotatable bonds is 6. The third-order valence-electron chi connectivity index (χ3n) is 5.34. The highest BCUT2D eigenvalue weighted by Gasteiger charge is 2.38. The summed E-state index contributed by atoms with van der Waals surface area (Å²) in [5.41, 5.74) is 0.250. The fourth-order valence-electron chi connectivity index (χ4n) is 3.70. The lowest BCUT2D eigenvalue weighted by atomic mass is 9.80. The van der Waals surface area contributed by atoms with Crippen LogP contribution >= 0.6 is 0 Å². The summed E-state index contributed by atoms with van der Waals surface area (Å²) in [5.74, 6) is 0.972. The quantitative estimate of drug-likeness (QED) is 0.582. The molecule has 1 atom stereocenters. The molecule has 0 aromatic rings. The molecule has 0 aromatic heterocycles. The number of nitrogens with one attached hydrogen (secondary N) is 2. The van der Waals surface area contributed by atoms with Crippen LogP contribution in [0.5, 0.6) is 0 Å². The summed E-state index contributed by atoms with van der Waals surface area (Å²) in [6.07, 6.45) is 7.71. The van der Waals surface area contributed by atoms with E-state index in [0.717, 1.165) is 51.8 Å². The minimum absolute atomic E-state index is 0.250. The number of morpholine rings is 1. The number of aliphatic imine (C=N–C) groups is 1. The van der Waals surface area contributed by atoms with E-state index in [-0.39, 0.29) is 5.54 Å². The van der Waals surface area contributed by atoms with Gasteiger partial charge in [-0.2, -0.15) is 0 Å². The summed E-state index contributed by atoms with van der Waals surface area (Å²) >= 11 is 0. The van der Waals surface area contributed by atoms with Gasteiger partial charge in [0.25, 0.3) is 0 Å². The number of guanidine groups is 1. The summed E-state index contributed by atoms with van der Waals surface area (Å²) in [6.45, 7) is 12.2. The van der Waals surface area contributed by atoms with E-state index in [0.29, 0.717) is 6.04 Å². The molecule has 1 aliphatic carbocycles. The highest BCUT2D eigenvalue weighted by molar-refractivity contribution is 5.80. The second-order valence-electron chi connectivity index (χ2n) is 7.03. The largest absolute Gasteiger partial charge is 0.379 e. The van der Waals surface area contributed by atoms with Crippen molar-refractivity contribution in [1.82, 2.24) is 15.5 Å². The van der Waals surface area contributed by atoms with E-state index < -0.39 is 0 Å². The Morgan fingerprint density at radius 2 is 1.87 bits per heavy atom. The van der Waals surface area contributed by atoms with E-state index in [9.17, 15) is 0 Å². The Kier molecular flexibility index (Phi) is 7.63. The average molecular weight is 325 g/mol. The number of hydrogen-bond acceptors (Lipinski definition) is 3. The van der Waals surface area contributed by atoms with Gasteiger partial charge < -0.3 is 15.4 Å². The van der Waals surface area contributed by atoms with Crippen LogP contribution in [-0.2, 0) is 4.74 Å².